The number of nitrogens with one attached hydrogen (secondary N) is 1. The summed E-state index contributed by atoms with van der Waals surface area (Å²) in [4.78, 5) is 27.2. The van der Waals surface area contributed by atoms with Gasteiger partial charge in [-0.2, -0.15) is 0 Å². The zero-order chi connectivity index (χ0) is 19.8. The number of rotatable bonds is 7. The van der Waals surface area contributed by atoms with Gasteiger partial charge in [-0.1, -0.05) is 60.7 Å². The maximum atomic E-state index is 13.2. The van der Waals surface area contributed by atoms with Crippen molar-refractivity contribution in [3.05, 3.63) is 71.8 Å². The summed E-state index contributed by atoms with van der Waals surface area (Å²) in [7, 11) is 1.60. The van der Waals surface area contributed by atoms with Crippen molar-refractivity contribution in [1.29, 1.82) is 0 Å². The zero-order valence-electron chi connectivity index (χ0n) is 16.3. The van der Waals surface area contributed by atoms with Gasteiger partial charge in [0.1, 0.15) is 0 Å². The summed E-state index contributed by atoms with van der Waals surface area (Å²) in [6.07, 6.45) is 1.97. The summed E-state index contributed by atoms with van der Waals surface area (Å²) in [5.74, 6) is -0.191. The third kappa shape index (κ3) is 5.20. The topological polar surface area (TPSA) is 58.6 Å². The molecule has 2 aromatic rings. The summed E-state index contributed by atoms with van der Waals surface area (Å²) >= 11 is 0. The van der Waals surface area contributed by atoms with E-state index in [1.807, 2.05) is 65.6 Å². The van der Waals surface area contributed by atoms with E-state index in [0.717, 1.165) is 24.0 Å². The molecule has 0 radical (unpaired) electrons. The van der Waals surface area contributed by atoms with Crippen LogP contribution in [0.25, 0.3) is 0 Å². The first-order chi connectivity index (χ1) is 13.7. The van der Waals surface area contributed by atoms with Crippen LogP contribution in [0.2, 0.25) is 0 Å². The Balaban J connectivity index is 1.63. The van der Waals surface area contributed by atoms with Gasteiger partial charge < -0.3 is 15.0 Å². The minimum absolute atomic E-state index is 0.0153. The average molecular weight is 380 g/mol. The Kier molecular flexibility index (Phi) is 7.20. The van der Waals surface area contributed by atoms with Gasteiger partial charge in [-0.05, 0) is 24.0 Å². The third-order valence-electron chi connectivity index (χ3n) is 5.24. The molecule has 0 unspecified atom stereocenters. The van der Waals surface area contributed by atoms with Crippen molar-refractivity contribution in [2.24, 2.45) is 0 Å². The van der Waals surface area contributed by atoms with E-state index in [1.54, 1.807) is 7.11 Å². The fourth-order valence-corrected chi connectivity index (χ4v) is 3.69. The number of methoxy groups -OCH3 is 1. The maximum Gasteiger partial charge on any atom is 0.232 e. The summed E-state index contributed by atoms with van der Waals surface area (Å²) in [6, 6.07) is 19.8. The van der Waals surface area contributed by atoms with Crippen molar-refractivity contribution in [2.45, 2.75) is 31.2 Å². The van der Waals surface area contributed by atoms with Gasteiger partial charge in [0.05, 0.1) is 18.9 Å². The van der Waals surface area contributed by atoms with Gasteiger partial charge in [-0.25, -0.2) is 0 Å². The van der Waals surface area contributed by atoms with Crippen molar-refractivity contribution in [2.75, 3.05) is 26.8 Å². The van der Waals surface area contributed by atoms with Crippen LogP contribution in [0, 0.1) is 0 Å². The van der Waals surface area contributed by atoms with E-state index in [2.05, 4.69) is 5.32 Å². The lowest BCUT2D eigenvalue weighted by atomic mass is 9.90. The first-order valence-corrected chi connectivity index (χ1v) is 9.86. The lowest BCUT2D eigenvalue weighted by Gasteiger charge is -2.33. The minimum atomic E-state index is -0.330. The Morgan fingerprint density at radius 2 is 1.54 bits per heavy atom. The van der Waals surface area contributed by atoms with Gasteiger partial charge in [-0.15, -0.1) is 0 Å². The molecule has 1 aliphatic rings. The number of hydrogen-bond donors (Lipinski definition) is 1. The number of amides is 2. The minimum Gasteiger partial charge on any atom is -0.384 e. The van der Waals surface area contributed by atoms with Crippen LogP contribution in [0.15, 0.2) is 60.7 Å². The number of hydrogen-bond acceptors (Lipinski definition) is 3. The fraction of sp³-hybridized carbons (Fsp3) is 0.391. The molecule has 1 fully saturated rings. The average Bonchev–Trinajstić information content (AvgIpc) is 2.74. The number of carbonyl (C=O) groups is 2. The second-order valence-electron chi connectivity index (χ2n) is 7.16. The van der Waals surface area contributed by atoms with Gasteiger partial charge in [0.15, 0.2) is 0 Å². The molecule has 1 heterocycles. The Labute approximate surface area is 166 Å². The predicted octanol–water partition coefficient (Wildman–Crippen LogP) is 2.96. The monoisotopic (exact) mass is 380 g/mol. The van der Waals surface area contributed by atoms with Crippen molar-refractivity contribution in [3.8, 4) is 0 Å². The molecule has 5 nitrogen and oxygen atoms in total. The number of nitrogens with zero attached hydrogens (tertiary/aromatic N) is 1. The van der Waals surface area contributed by atoms with Crippen molar-refractivity contribution >= 4 is 11.8 Å². The molecule has 28 heavy (non-hydrogen) atoms. The number of piperidine rings is 1. The number of ether oxygens (including phenoxy) is 1. The van der Waals surface area contributed by atoms with Crippen LogP contribution >= 0.6 is 0 Å². The molecule has 0 aromatic heterocycles. The van der Waals surface area contributed by atoms with E-state index in [0.29, 0.717) is 26.1 Å². The van der Waals surface area contributed by atoms with Crippen LogP contribution < -0.4 is 5.32 Å². The van der Waals surface area contributed by atoms with Crippen LogP contribution in [-0.2, 0) is 14.3 Å². The SMILES string of the molecule is COCCC(=O)N1CCC(NC(=O)C(c2ccccc2)c2ccccc2)CC1. The Hall–Kier alpha value is -2.66. The van der Waals surface area contributed by atoms with E-state index in [1.165, 1.54) is 0 Å². The second-order valence-corrected chi connectivity index (χ2v) is 7.16. The van der Waals surface area contributed by atoms with Crippen molar-refractivity contribution < 1.29 is 14.3 Å². The predicted molar refractivity (Wildman–Crippen MR) is 109 cm³/mol. The summed E-state index contributed by atoms with van der Waals surface area (Å²) in [5, 5.41) is 3.22. The molecule has 0 aliphatic carbocycles. The lowest BCUT2D eigenvalue weighted by molar-refractivity contribution is -0.133. The first-order valence-electron chi connectivity index (χ1n) is 9.86. The number of benzene rings is 2. The molecule has 0 saturated carbocycles. The van der Waals surface area contributed by atoms with Gasteiger partial charge in [0.2, 0.25) is 11.8 Å². The molecule has 0 spiro atoms. The van der Waals surface area contributed by atoms with Crippen LogP contribution in [-0.4, -0.2) is 49.6 Å². The van der Waals surface area contributed by atoms with Crippen molar-refractivity contribution in [1.82, 2.24) is 10.2 Å². The molecule has 1 aliphatic heterocycles. The summed E-state index contributed by atoms with van der Waals surface area (Å²) in [5.41, 5.74) is 1.97. The Bertz CT molecular complexity index is 716. The molecule has 0 bridgehead atoms. The van der Waals surface area contributed by atoms with Crippen LogP contribution in [0.5, 0.6) is 0 Å². The zero-order valence-corrected chi connectivity index (χ0v) is 16.3. The molecule has 2 aromatic carbocycles. The molecule has 5 heteroatoms. The van der Waals surface area contributed by atoms with Gasteiger partial charge in [0, 0.05) is 26.2 Å². The second kappa shape index (κ2) is 10.0. The van der Waals surface area contributed by atoms with Crippen LogP contribution in [0.3, 0.4) is 0 Å². The van der Waals surface area contributed by atoms with E-state index >= 15 is 0 Å². The Morgan fingerprint density at radius 1 is 1.00 bits per heavy atom. The quantitative estimate of drug-likeness (QED) is 0.803. The van der Waals surface area contributed by atoms with Gasteiger partial charge in [-0.3, -0.25) is 9.59 Å². The molecule has 0 atom stereocenters. The molecular formula is C23H28N2O3. The van der Waals surface area contributed by atoms with Crippen LogP contribution in [0.1, 0.15) is 36.3 Å². The highest BCUT2D eigenvalue weighted by atomic mass is 16.5. The highest BCUT2D eigenvalue weighted by Gasteiger charge is 2.28. The third-order valence-corrected chi connectivity index (χ3v) is 5.24. The van der Waals surface area contributed by atoms with Gasteiger partial charge in [0.25, 0.3) is 0 Å². The highest BCUT2D eigenvalue weighted by Crippen LogP contribution is 2.25. The van der Waals surface area contributed by atoms with E-state index < -0.39 is 0 Å². The van der Waals surface area contributed by atoms with E-state index in [-0.39, 0.29) is 23.8 Å². The molecule has 3 rings (SSSR count). The molecule has 1 N–H and O–H groups in total. The lowest BCUT2D eigenvalue weighted by Crippen LogP contribution is -2.47. The van der Waals surface area contributed by atoms with Gasteiger partial charge >= 0.3 is 0 Å². The number of carbonyl (C=O) groups excluding carboxylic acids is 2. The molecule has 1 saturated heterocycles. The van der Waals surface area contributed by atoms with Crippen molar-refractivity contribution in [3.63, 3.8) is 0 Å². The Morgan fingerprint density at radius 3 is 2.04 bits per heavy atom. The largest absolute Gasteiger partial charge is 0.384 e. The van der Waals surface area contributed by atoms with E-state index in [9.17, 15) is 9.59 Å². The summed E-state index contributed by atoms with van der Waals surface area (Å²) < 4.78 is 4.98. The summed E-state index contributed by atoms with van der Waals surface area (Å²) in [6.45, 7) is 1.80. The standard InChI is InChI=1S/C23H28N2O3/c1-28-17-14-21(26)25-15-12-20(13-16-25)24-23(27)22(18-8-4-2-5-9-18)19-10-6-3-7-11-19/h2-11,20,22H,12-17H2,1H3,(H,24,27). The highest BCUT2D eigenvalue weighted by molar-refractivity contribution is 5.87. The maximum absolute atomic E-state index is 13.2. The normalized spacial score (nSPS) is 14.9. The fourth-order valence-electron chi connectivity index (χ4n) is 3.69. The molecular weight excluding hydrogens is 352 g/mol. The van der Waals surface area contributed by atoms with E-state index in [4.69, 9.17) is 4.74 Å². The first kappa shape index (κ1) is 20.1. The molecule has 148 valence electrons. The smallest absolute Gasteiger partial charge is 0.232 e. The van der Waals surface area contributed by atoms with Crippen LogP contribution in [0.4, 0.5) is 0 Å². The number of likely N-dealkylation sites (tertiary alicyclic amines) is 1. The molecule has 2 amide bonds.